The summed E-state index contributed by atoms with van der Waals surface area (Å²) in [5.74, 6) is 1.08. The molecular weight excluding hydrogens is 416 g/mol. The third-order valence-electron chi connectivity index (χ3n) is 5.52. The Hall–Kier alpha value is -3.66. The van der Waals surface area contributed by atoms with Crippen LogP contribution in [0.2, 0.25) is 0 Å². The highest BCUT2D eigenvalue weighted by molar-refractivity contribution is 7.09. The molecule has 158 valence electrons. The van der Waals surface area contributed by atoms with Gasteiger partial charge in [-0.2, -0.15) is 0 Å². The van der Waals surface area contributed by atoms with Crippen LogP contribution in [-0.4, -0.2) is 46.1 Å². The quantitative estimate of drug-likeness (QED) is 0.466. The molecule has 1 unspecified atom stereocenters. The van der Waals surface area contributed by atoms with Crippen LogP contribution < -0.4 is 20.5 Å². The van der Waals surface area contributed by atoms with Gasteiger partial charge in [-0.3, -0.25) is 14.1 Å². The molecule has 10 heteroatoms. The Morgan fingerprint density at radius 2 is 2.29 bits per heavy atom. The summed E-state index contributed by atoms with van der Waals surface area (Å²) < 4.78 is 15.4. The minimum Gasteiger partial charge on any atom is -0.496 e. The van der Waals surface area contributed by atoms with Gasteiger partial charge in [0.25, 0.3) is 0 Å². The number of imidazole rings is 1. The first-order chi connectivity index (χ1) is 15.1. The number of thiazole rings is 1. The number of allylic oxidation sites excluding steroid dienone is 1. The van der Waals surface area contributed by atoms with E-state index in [9.17, 15) is 4.79 Å². The van der Waals surface area contributed by atoms with Crippen LogP contribution >= 0.6 is 11.3 Å². The van der Waals surface area contributed by atoms with Gasteiger partial charge in [0.1, 0.15) is 29.2 Å². The van der Waals surface area contributed by atoms with E-state index in [1.807, 2.05) is 11.4 Å². The number of pyridine rings is 1. The molecule has 9 nitrogen and oxygen atoms in total. The molecule has 2 N–H and O–H groups in total. The average Bonchev–Trinajstić information content (AvgIpc) is 3.35. The summed E-state index contributed by atoms with van der Waals surface area (Å²) in [6.07, 6.45) is 6.38. The van der Waals surface area contributed by atoms with Crippen LogP contribution in [-0.2, 0) is 7.05 Å². The van der Waals surface area contributed by atoms with E-state index in [0.29, 0.717) is 39.1 Å². The highest BCUT2D eigenvalue weighted by Crippen LogP contribution is 2.45. The first kappa shape index (κ1) is 19.3. The second-order valence-corrected chi connectivity index (χ2v) is 8.04. The summed E-state index contributed by atoms with van der Waals surface area (Å²) in [6, 6.07) is 1.43. The molecule has 4 heterocycles. The number of ether oxygens (including phenoxy) is 2. The van der Waals surface area contributed by atoms with Gasteiger partial charge in [0, 0.05) is 49.7 Å². The largest absolute Gasteiger partial charge is 0.496 e. The molecule has 3 aromatic heterocycles. The molecule has 1 aliphatic heterocycles. The van der Waals surface area contributed by atoms with Crippen molar-refractivity contribution in [3.8, 4) is 11.5 Å². The van der Waals surface area contributed by atoms with E-state index in [1.165, 1.54) is 17.6 Å². The lowest BCUT2D eigenvalue weighted by Gasteiger charge is -2.18. The van der Waals surface area contributed by atoms with Gasteiger partial charge in [-0.15, -0.1) is 11.3 Å². The maximum absolute atomic E-state index is 13.3. The molecule has 1 atom stereocenters. The Kier molecular flexibility index (Phi) is 4.51. The lowest BCUT2D eigenvalue weighted by atomic mass is 10.0. The predicted octanol–water partition coefficient (Wildman–Crippen LogP) is 2.54. The third kappa shape index (κ3) is 2.68. The molecule has 0 spiro atoms. The fourth-order valence-electron chi connectivity index (χ4n) is 4.15. The van der Waals surface area contributed by atoms with Crippen molar-refractivity contribution in [2.75, 3.05) is 20.8 Å². The zero-order valence-corrected chi connectivity index (χ0v) is 18.0. The van der Waals surface area contributed by atoms with Crippen LogP contribution in [0.4, 0.5) is 0 Å². The van der Waals surface area contributed by atoms with Gasteiger partial charge in [-0.1, -0.05) is 0 Å². The topological polar surface area (TPSA) is 107 Å². The number of nitrogens with one attached hydrogen (secondary N) is 2. The molecule has 0 radical (unpaired) electrons. The number of methoxy groups -OCH3 is 1. The Balaban J connectivity index is 1.97. The van der Waals surface area contributed by atoms with Crippen molar-refractivity contribution >= 4 is 45.1 Å². The second-order valence-electron chi connectivity index (χ2n) is 7.11. The second kappa shape index (κ2) is 7.24. The van der Waals surface area contributed by atoms with E-state index in [2.05, 4.69) is 15.3 Å². The van der Waals surface area contributed by atoms with E-state index in [4.69, 9.17) is 14.9 Å². The lowest BCUT2D eigenvalue weighted by molar-refractivity contribution is 0.276. The summed E-state index contributed by atoms with van der Waals surface area (Å²) >= 11 is 1.48. The summed E-state index contributed by atoms with van der Waals surface area (Å²) in [5, 5.41) is 14.3. The van der Waals surface area contributed by atoms with Crippen molar-refractivity contribution in [1.29, 1.82) is 5.41 Å². The molecule has 0 fully saturated rings. The number of rotatable bonds is 5. The number of hydrogen-bond acceptors (Lipinski definition) is 8. The highest BCUT2D eigenvalue weighted by Gasteiger charge is 2.32. The smallest absolute Gasteiger partial charge is 0.329 e. The van der Waals surface area contributed by atoms with E-state index in [1.54, 1.807) is 48.9 Å². The molecule has 1 aromatic carbocycles. The minimum absolute atomic E-state index is 0.156. The van der Waals surface area contributed by atoms with Gasteiger partial charge in [-0.05, 0) is 0 Å². The molecular formula is C21H20N6O3S. The van der Waals surface area contributed by atoms with E-state index in [-0.39, 0.29) is 18.3 Å². The Morgan fingerprint density at radius 1 is 1.45 bits per heavy atom. The molecule has 31 heavy (non-hydrogen) atoms. The Labute approximate surface area is 181 Å². The summed E-state index contributed by atoms with van der Waals surface area (Å²) in [4.78, 5) is 22.3. The maximum atomic E-state index is 13.3. The SMILES string of the molecule is CN/C=C(\C=N)c1c(OC)cc2ncc3c4c2c1OCC(c1nccs1)n4c(=O)n3C. The molecule has 1 aliphatic rings. The van der Waals surface area contributed by atoms with Crippen molar-refractivity contribution in [1.82, 2.24) is 24.4 Å². The van der Waals surface area contributed by atoms with Gasteiger partial charge in [0.15, 0.2) is 0 Å². The van der Waals surface area contributed by atoms with Crippen LogP contribution in [0, 0.1) is 5.41 Å². The van der Waals surface area contributed by atoms with Gasteiger partial charge in [-0.25, -0.2) is 9.78 Å². The van der Waals surface area contributed by atoms with Gasteiger partial charge in [0.2, 0.25) is 0 Å². The zero-order chi connectivity index (χ0) is 21.7. The monoisotopic (exact) mass is 436 g/mol. The standard InChI is InChI=1S/C21H20N6O3S/c1-23-8-11(7-22)16-15(29-3)6-12-17-18-13(9-25-12)26(2)21(28)27(18)14(10-30-19(16)17)20-24-4-5-31-20/h4-9,14,22-23H,10H2,1-3H3/b11-8+,22-7?. The lowest BCUT2D eigenvalue weighted by Crippen LogP contribution is -2.29. The molecule has 0 amide bonds. The van der Waals surface area contributed by atoms with Crippen molar-refractivity contribution in [3.63, 3.8) is 0 Å². The average molecular weight is 436 g/mol. The van der Waals surface area contributed by atoms with Crippen molar-refractivity contribution in [2.45, 2.75) is 6.04 Å². The van der Waals surface area contributed by atoms with Gasteiger partial charge in [0.05, 0.1) is 40.8 Å². The molecule has 5 rings (SSSR count). The Bertz CT molecular complexity index is 1420. The van der Waals surface area contributed by atoms with E-state index >= 15 is 0 Å². The van der Waals surface area contributed by atoms with Crippen molar-refractivity contribution in [2.24, 2.45) is 7.05 Å². The van der Waals surface area contributed by atoms with Crippen molar-refractivity contribution < 1.29 is 9.47 Å². The first-order valence-electron chi connectivity index (χ1n) is 9.61. The van der Waals surface area contributed by atoms with Crippen LogP contribution in [0.5, 0.6) is 11.5 Å². The summed E-state index contributed by atoms with van der Waals surface area (Å²) in [5.41, 5.74) is 3.16. The van der Waals surface area contributed by atoms with E-state index in [0.717, 1.165) is 10.5 Å². The van der Waals surface area contributed by atoms with Crippen LogP contribution in [0.1, 0.15) is 16.6 Å². The maximum Gasteiger partial charge on any atom is 0.329 e. The minimum atomic E-state index is -0.384. The fourth-order valence-corrected chi connectivity index (χ4v) is 4.86. The summed E-state index contributed by atoms with van der Waals surface area (Å²) in [6.45, 7) is 0.210. The Morgan fingerprint density at radius 3 is 2.97 bits per heavy atom. The molecule has 0 aliphatic carbocycles. The van der Waals surface area contributed by atoms with Gasteiger partial charge >= 0.3 is 5.69 Å². The molecule has 0 bridgehead atoms. The van der Waals surface area contributed by atoms with Crippen LogP contribution in [0.25, 0.3) is 27.5 Å². The zero-order valence-electron chi connectivity index (χ0n) is 17.2. The molecule has 0 saturated carbocycles. The number of aryl methyl sites for hydroxylation is 1. The van der Waals surface area contributed by atoms with E-state index < -0.39 is 0 Å². The van der Waals surface area contributed by atoms with Crippen LogP contribution in [0.15, 0.2) is 34.8 Å². The predicted molar refractivity (Wildman–Crippen MR) is 121 cm³/mol. The highest BCUT2D eigenvalue weighted by atomic mass is 32.1. The number of benzene rings is 1. The fraction of sp³-hybridized carbons (Fsp3) is 0.238. The number of hydrogen-bond donors (Lipinski definition) is 2. The molecule has 4 aromatic rings. The van der Waals surface area contributed by atoms with Crippen molar-refractivity contribution in [3.05, 3.63) is 51.1 Å². The number of aromatic nitrogens is 4. The normalized spacial score (nSPS) is 15.8. The first-order valence-corrected chi connectivity index (χ1v) is 10.5. The molecule has 0 saturated heterocycles. The van der Waals surface area contributed by atoms with Crippen LogP contribution in [0.3, 0.4) is 0 Å². The third-order valence-corrected chi connectivity index (χ3v) is 6.40. The summed E-state index contributed by atoms with van der Waals surface area (Å²) in [7, 11) is 5.08. The van der Waals surface area contributed by atoms with Gasteiger partial charge < -0.3 is 20.2 Å². The number of nitrogens with zero attached hydrogens (tertiary/aromatic N) is 4.